The molecule has 0 atom stereocenters. The van der Waals surface area contributed by atoms with E-state index in [-0.39, 0.29) is 11.8 Å². The van der Waals surface area contributed by atoms with Crippen LogP contribution in [0, 0.1) is 5.82 Å². The number of furan rings is 1. The SMILES string of the molecule is O=C(NCc1ccc(-c2ccoc2)nc1)Nc1ccc(F)cc1. The number of pyridine rings is 1. The van der Waals surface area contributed by atoms with Gasteiger partial charge in [0.2, 0.25) is 0 Å². The fourth-order valence-corrected chi connectivity index (χ4v) is 2.00. The third-order valence-corrected chi connectivity index (χ3v) is 3.20. The third-order valence-electron chi connectivity index (χ3n) is 3.20. The Morgan fingerprint density at radius 2 is 1.96 bits per heavy atom. The highest BCUT2D eigenvalue weighted by Crippen LogP contribution is 2.17. The quantitative estimate of drug-likeness (QED) is 0.770. The van der Waals surface area contributed by atoms with Crippen molar-refractivity contribution in [2.75, 3.05) is 5.32 Å². The van der Waals surface area contributed by atoms with Crippen LogP contribution >= 0.6 is 0 Å². The molecule has 3 rings (SSSR count). The molecule has 0 saturated heterocycles. The summed E-state index contributed by atoms with van der Waals surface area (Å²) in [6.45, 7) is 0.339. The van der Waals surface area contributed by atoms with Crippen LogP contribution in [0.15, 0.2) is 65.6 Å². The highest BCUT2D eigenvalue weighted by atomic mass is 19.1. The Balaban J connectivity index is 1.53. The van der Waals surface area contributed by atoms with Gasteiger partial charge in [0, 0.05) is 24.0 Å². The number of halogens is 1. The summed E-state index contributed by atoms with van der Waals surface area (Å²) in [7, 11) is 0. The lowest BCUT2D eigenvalue weighted by Gasteiger charge is -2.08. The van der Waals surface area contributed by atoms with Gasteiger partial charge in [0.15, 0.2) is 0 Å². The van der Waals surface area contributed by atoms with Crippen molar-refractivity contribution in [1.29, 1.82) is 0 Å². The number of hydrogen-bond donors (Lipinski definition) is 2. The van der Waals surface area contributed by atoms with Gasteiger partial charge in [0.1, 0.15) is 5.82 Å². The molecule has 2 heterocycles. The number of urea groups is 1. The summed E-state index contributed by atoms with van der Waals surface area (Å²) in [5.74, 6) is -0.347. The van der Waals surface area contributed by atoms with E-state index in [1.54, 1.807) is 18.7 Å². The van der Waals surface area contributed by atoms with E-state index in [1.165, 1.54) is 24.3 Å². The number of anilines is 1. The van der Waals surface area contributed by atoms with Gasteiger partial charge in [-0.05, 0) is 42.0 Å². The molecule has 0 bridgehead atoms. The number of benzene rings is 1. The second-order valence-corrected chi connectivity index (χ2v) is 4.88. The molecule has 0 fully saturated rings. The molecule has 0 unspecified atom stereocenters. The van der Waals surface area contributed by atoms with E-state index in [1.807, 2.05) is 18.2 Å². The molecule has 0 saturated carbocycles. The zero-order chi connectivity index (χ0) is 16.1. The molecule has 23 heavy (non-hydrogen) atoms. The van der Waals surface area contributed by atoms with Gasteiger partial charge in [-0.15, -0.1) is 0 Å². The maximum absolute atomic E-state index is 12.8. The van der Waals surface area contributed by atoms with E-state index in [9.17, 15) is 9.18 Å². The average Bonchev–Trinajstić information content (AvgIpc) is 3.10. The number of hydrogen-bond acceptors (Lipinski definition) is 3. The first-order chi connectivity index (χ1) is 11.2. The maximum atomic E-state index is 12.8. The Hall–Kier alpha value is -3.15. The van der Waals surface area contributed by atoms with Crippen LogP contribution in [-0.2, 0) is 6.54 Å². The minimum atomic E-state index is -0.365. The van der Waals surface area contributed by atoms with Crippen LogP contribution in [0.1, 0.15) is 5.56 Å². The van der Waals surface area contributed by atoms with Crippen molar-refractivity contribution in [1.82, 2.24) is 10.3 Å². The zero-order valence-electron chi connectivity index (χ0n) is 12.1. The summed E-state index contributed by atoms with van der Waals surface area (Å²) in [5, 5.41) is 5.34. The van der Waals surface area contributed by atoms with E-state index < -0.39 is 0 Å². The lowest BCUT2D eigenvalue weighted by molar-refractivity contribution is 0.251. The zero-order valence-corrected chi connectivity index (χ0v) is 12.1. The van der Waals surface area contributed by atoms with Crippen LogP contribution < -0.4 is 10.6 Å². The summed E-state index contributed by atoms with van der Waals surface area (Å²) in [6, 6.07) is 10.8. The number of rotatable bonds is 4. The van der Waals surface area contributed by atoms with Gasteiger partial charge < -0.3 is 15.1 Å². The summed E-state index contributed by atoms with van der Waals surface area (Å²) in [6.07, 6.45) is 4.91. The van der Waals surface area contributed by atoms with Gasteiger partial charge in [-0.1, -0.05) is 6.07 Å². The van der Waals surface area contributed by atoms with Crippen LogP contribution in [0.2, 0.25) is 0 Å². The van der Waals surface area contributed by atoms with Crippen molar-refractivity contribution < 1.29 is 13.6 Å². The molecule has 116 valence electrons. The molecule has 6 heteroatoms. The fraction of sp³-hybridized carbons (Fsp3) is 0.0588. The summed E-state index contributed by atoms with van der Waals surface area (Å²) in [4.78, 5) is 16.1. The molecular weight excluding hydrogens is 297 g/mol. The topological polar surface area (TPSA) is 67.2 Å². The van der Waals surface area contributed by atoms with Gasteiger partial charge in [-0.2, -0.15) is 0 Å². The van der Waals surface area contributed by atoms with E-state index in [2.05, 4.69) is 15.6 Å². The van der Waals surface area contributed by atoms with Crippen molar-refractivity contribution in [3.63, 3.8) is 0 Å². The second-order valence-electron chi connectivity index (χ2n) is 4.88. The number of amides is 2. The van der Waals surface area contributed by atoms with Crippen molar-refractivity contribution in [2.24, 2.45) is 0 Å². The minimum absolute atomic E-state index is 0.339. The normalized spacial score (nSPS) is 10.3. The van der Waals surface area contributed by atoms with Gasteiger partial charge in [0.25, 0.3) is 0 Å². The molecule has 0 aliphatic heterocycles. The Bertz CT molecular complexity index is 769. The monoisotopic (exact) mass is 311 g/mol. The maximum Gasteiger partial charge on any atom is 0.319 e. The molecule has 1 aromatic carbocycles. The number of carbonyl (C=O) groups excluding carboxylic acids is 1. The van der Waals surface area contributed by atoms with Crippen molar-refractivity contribution in [3.8, 4) is 11.3 Å². The minimum Gasteiger partial charge on any atom is -0.472 e. The van der Waals surface area contributed by atoms with Crippen molar-refractivity contribution in [2.45, 2.75) is 6.54 Å². The number of carbonyl (C=O) groups is 1. The number of nitrogens with zero attached hydrogens (tertiary/aromatic N) is 1. The van der Waals surface area contributed by atoms with Crippen LogP contribution in [-0.4, -0.2) is 11.0 Å². The van der Waals surface area contributed by atoms with E-state index in [4.69, 9.17) is 4.42 Å². The molecule has 0 radical (unpaired) electrons. The molecule has 3 aromatic rings. The molecule has 2 N–H and O–H groups in total. The Morgan fingerprint density at radius 1 is 1.13 bits per heavy atom. The van der Waals surface area contributed by atoms with E-state index in [0.29, 0.717) is 12.2 Å². The smallest absolute Gasteiger partial charge is 0.319 e. The van der Waals surface area contributed by atoms with Crippen LogP contribution in [0.3, 0.4) is 0 Å². The van der Waals surface area contributed by atoms with E-state index >= 15 is 0 Å². The van der Waals surface area contributed by atoms with Crippen molar-refractivity contribution >= 4 is 11.7 Å². The molecule has 2 amide bonds. The molecule has 0 aliphatic rings. The molecule has 0 aliphatic carbocycles. The number of nitrogens with one attached hydrogen (secondary N) is 2. The van der Waals surface area contributed by atoms with Gasteiger partial charge in [-0.3, -0.25) is 4.98 Å². The number of aromatic nitrogens is 1. The molecule has 2 aromatic heterocycles. The molecular formula is C17H14FN3O2. The highest BCUT2D eigenvalue weighted by molar-refractivity contribution is 5.89. The first kappa shape index (κ1) is 14.8. The van der Waals surface area contributed by atoms with Crippen LogP contribution in [0.4, 0.5) is 14.9 Å². The highest BCUT2D eigenvalue weighted by Gasteiger charge is 2.04. The van der Waals surface area contributed by atoms with Crippen molar-refractivity contribution in [3.05, 3.63) is 72.6 Å². The Labute approximate surface area is 132 Å². The van der Waals surface area contributed by atoms with Gasteiger partial charge in [0.05, 0.1) is 18.2 Å². The largest absolute Gasteiger partial charge is 0.472 e. The lowest BCUT2D eigenvalue weighted by atomic mass is 10.2. The van der Waals surface area contributed by atoms with E-state index in [0.717, 1.165) is 16.8 Å². The molecule has 5 nitrogen and oxygen atoms in total. The standard InChI is InChI=1S/C17H14FN3O2/c18-14-2-4-15(5-3-14)21-17(22)20-10-12-1-6-16(19-9-12)13-7-8-23-11-13/h1-9,11H,10H2,(H2,20,21,22). The lowest BCUT2D eigenvalue weighted by Crippen LogP contribution is -2.28. The average molecular weight is 311 g/mol. The second kappa shape index (κ2) is 6.74. The predicted octanol–water partition coefficient (Wildman–Crippen LogP) is 3.80. The predicted molar refractivity (Wildman–Crippen MR) is 84.2 cm³/mol. The summed E-state index contributed by atoms with van der Waals surface area (Å²) in [5.41, 5.74) is 3.10. The summed E-state index contributed by atoms with van der Waals surface area (Å²) >= 11 is 0. The molecule has 0 spiro atoms. The Kier molecular flexibility index (Phi) is 4.33. The Morgan fingerprint density at radius 3 is 2.61 bits per heavy atom. The van der Waals surface area contributed by atoms with Crippen LogP contribution in [0.5, 0.6) is 0 Å². The van der Waals surface area contributed by atoms with Gasteiger partial charge in [-0.25, -0.2) is 9.18 Å². The summed E-state index contributed by atoms with van der Waals surface area (Å²) < 4.78 is 17.8. The first-order valence-electron chi connectivity index (χ1n) is 6.98. The van der Waals surface area contributed by atoms with Crippen LogP contribution in [0.25, 0.3) is 11.3 Å². The first-order valence-corrected chi connectivity index (χ1v) is 6.98. The fourth-order valence-electron chi connectivity index (χ4n) is 2.00. The van der Waals surface area contributed by atoms with Gasteiger partial charge >= 0.3 is 6.03 Å². The third kappa shape index (κ3) is 3.94.